The normalized spacial score (nSPS) is 29.5. The van der Waals surface area contributed by atoms with Crippen molar-refractivity contribution in [1.29, 1.82) is 0 Å². The van der Waals surface area contributed by atoms with Crippen LogP contribution in [0.4, 0.5) is 0 Å². The fourth-order valence-corrected chi connectivity index (χ4v) is 3.30. The molecule has 92 valence electrons. The molecule has 16 heavy (non-hydrogen) atoms. The first-order valence-corrected chi connectivity index (χ1v) is 6.43. The number of methoxy groups -OCH3 is 1. The number of piperidine rings is 1. The minimum absolute atomic E-state index is 0.0342. The van der Waals surface area contributed by atoms with Crippen LogP contribution in [0, 0.1) is 11.3 Å². The van der Waals surface area contributed by atoms with Gasteiger partial charge in [-0.05, 0) is 51.6 Å². The zero-order valence-electron chi connectivity index (χ0n) is 10.5. The number of carbonyl (C=O) groups is 1. The minimum Gasteiger partial charge on any atom is -0.469 e. The second-order valence-corrected chi connectivity index (χ2v) is 5.60. The van der Waals surface area contributed by atoms with Gasteiger partial charge in [-0.1, -0.05) is 6.42 Å². The molecule has 0 bridgehead atoms. The van der Waals surface area contributed by atoms with Gasteiger partial charge in [0.2, 0.25) is 0 Å². The van der Waals surface area contributed by atoms with Crippen LogP contribution in [0.3, 0.4) is 0 Å². The lowest BCUT2D eigenvalue weighted by atomic mass is 9.63. The van der Waals surface area contributed by atoms with Gasteiger partial charge in [0.05, 0.1) is 12.5 Å². The second-order valence-electron chi connectivity index (χ2n) is 5.60. The fourth-order valence-electron chi connectivity index (χ4n) is 3.30. The van der Waals surface area contributed by atoms with E-state index in [0.29, 0.717) is 5.92 Å². The van der Waals surface area contributed by atoms with Crippen LogP contribution in [0.1, 0.15) is 38.5 Å². The van der Waals surface area contributed by atoms with E-state index in [4.69, 9.17) is 4.74 Å². The summed E-state index contributed by atoms with van der Waals surface area (Å²) in [4.78, 5) is 14.2. The molecule has 1 atom stereocenters. The molecular weight excluding hydrogens is 202 g/mol. The summed E-state index contributed by atoms with van der Waals surface area (Å²) in [5.41, 5.74) is -0.113. The van der Waals surface area contributed by atoms with Crippen LogP contribution in [0.15, 0.2) is 0 Å². The van der Waals surface area contributed by atoms with Gasteiger partial charge in [0, 0.05) is 6.54 Å². The van der Waals surface area contributed by atoms with E-state index < -0.39 is 0 Å². The van der Waals surface area contributed by atoms with E-state index >= 15 is 0 Å². The molecule has 0 aromatic rings. The lowest BCUT2D eigenvalue weighted by Crippen LogP contribution is -2.43. The summed E-state index contributed by atoms with van der Waals surface area (Å²) in [5, 5.41) is 0. The lowest BCUT2D eigenvalue weighted by Gasteiger charge is -2.43. The van der Waals surface area contributed by atoms with E-state index in [0.717, 1.165) is 25.8 Å². The topological polar surface area (TPSA) is 29.5 Å². The Morgan fingerprint density at radius 1 is 1.44 bits per heavy atom. The molecule has 0 amide bonds. The Bertz CT molecular complexity index is 261. The molecule has 0 N–H and O–H groups in total. The molecule has 1 saturated heterocycles. The number of hydrogen-bond donors (Lipinski definition) is 0. The lowest BCUT2D eigenvalue weighted by molar-refractivity contribution is -0.160. The Morgan fingerprint density at radius 2 is 2.19 bits per heavy atom. The molecule has 0 aromatic carbocycles. The van der Waals surface area contributed by atoms with Crippen LogP contribution in [-0.2, 0) is 9.53 Å². The first-order valence-electron chi connectivity index (χ1n) is 6.43. The highest BCUT2D eigenvalue weighted by Crippen LogP contribution is 2.47. The van der Waals surface area contributed by atoms with Gasteiger partial charge in [-0.3, -0.25) is 4.79 Å². The van der Waals surface area contributed by atoms with Crippen molar-refractivity contribution < 1.29 is 9.53 Å². The van der Waals surface area contributed by atoms with Gasteiger partial charge >= 0.3 is 5.97 Å². The van der Waals surface area contributed by atoms with Crippen LogP contribution >= 0.6 is 0 Å². The van der Waals surface area contributed by atoms with Crippen LogP contribution in [-0.4, -0.2) is 38.1 Å². The summed E-state index contributed by atoms with van der Waals surface area (Å²) in [6.07, 6.45) is 6.88. The predicted octanol–water partition coefficient (Wildman–Crippen LogP) is 2.06. The third-order valence-corrected chi connectivity index (χ3v) is 4.33. The summed E-state index contributed by atoms with van der Waals surface area (Å²) in [5.74, 6) is 0.727. The summed E-state index contributed by atoms with van der Waals surface area (Å²) in [7, 11) is 3.70. The van der Waals surface area contributed by atoms with Crippen LogP contribution in [0.2, 0.25) is 0 Å². The quantitative estimate of drug-likeness (QED) is 0.689. The SMILES string of the molecule is COC(=O)C1(CC2CCCN(C)C2)CCC1. The number of carbonyl (C=O) groups excluding carboxylic acids is 1. The van der Waals surface area contributed by atoms with Crippen molar-refractivity contribution in [1.82, 2.24) is 4.90 Å². The van der Waals surface area contributed by atoms with E-state index in [2.05, 4.69) is 11.9 Å². The molecule has 3 heteroatoms. The predicted molar refractivity (Wildman–Crippen MR) is 63.1 cm³/mol. The molecule has 0 aromatic heterocycles. The van der Waals surface area contributed by atoms with E-state index in [1.165, 1.54) is 32.9 Å². The fraction of sp³-hybridized carbons (Fsp3) is 0.923. The smallest absolute Gasteiger partial charge is 0.311 e. The molecule has 0 radical (unpaired) electrons. The standard InChI is InChI=1S/C13H23NO2/c1-14-8-3-5-11(10-14)9-13(6-4-7-13)12(15)16-2/h11H,3-10H2,1-2H3. The molecule has 1 aliphatic carbocycles. The molecule has 0 spiro atoms. The van der Waals surface area contributed by atoms with Gasteiger partial charge in [-0.15, -0.1) is 0 Å². The Morgan fingerprint density at radius 3 is 2.69 bits per heavy atom. The first kappa shape index (κ1) is 11.9. The van der Waals surface area contributed by atoms with E-state index in [1.54, 1.807) is 0 Å². The summed E-state index contributed by atoms with van der Waals surface area (Å²) in [6.45, 7) is 2.36. The third kappa shape index (κ3) is 2.24. The molecule has 2 aliphatic rings. The number of ether oxygens (including phenoxy) is 1. The summed E-state index contributed by atoms with van der Waals surface area (Å²) < 4.78 is 4.97. The van der Waals surface area contributed by atoms with Crippen molar-refractivity contribution in [2.45, 2.75) is 38.5 Å². The molecule has 1 saturated carbocycles. The molecule has 2 rings (SSSR count). The molecule has 1 unspecified atom stereocenters. The average Bonchev–Trinajstić information content (AvgIpc) is 2.22. The number of hydrogen-bond acceptors (Lipinski definition) is 3. The Kier molecular flexibility index (Phi) is 3.53. The van der Waals surface area contributed by atoms with Gasteiger partial charge in [0.1, 0.15) is 0 Å². The summed E-state index contributed by atoms with van der Waals surface area (Å²) in [6, 6.07) is 0. The molecular formula is C13H23NO2. The maximum atomic E-state index is 11.8. The van der Waals surface area contributed by atoms with Crippen LogP contribution in [0.5, 0.6) is 0 Å². The van der Waals surface area contributed by atoms with Crippen LogP contribution < -0.4 is 0 Å². The third-order valence-electron chi connectivity index (χ3n) is 4.33. The number of nitrogens with zero attached hydrogens (tertiary/aromatic N) is 1. The van der Waals surface area contributed by atoms with Crippen molar-refractivity contribution >= 4 is 5.97 Å². The Balaban J connectivity index is 1.93. The monoisotopic (exact) mass is 225 g/mol. The first-order chi connectivity index (χ1) is 7.66. The maximum Gasteiger partial charge on any atom is 0.311 e. The van der Waals surface area contributed by atoms with Gasteiger partial charge in [0.25, 0.3) is 0 Å². The minimum atomic E-state index is -0.113. The summed E-state index contributed by atoms with van der Waals surface area (Å²) >= 11 is 0. The van der Waals surface area contributed by atoms with Crippen molar-refractivity contribution in [3.8, 4) is 0 Å². The second kappa shape index (κ2) is 4.74. The Labute approximate surface area is 98.1 Å². The number of likely N-dealkylation sites (tertiary alicyclic amines) is 1. The van der Waals surface area contributed by atoms with Gasteiger partial charge in [0.15, 0.2) is 0 Å². The number of esters is 1. The van der Waals surface area contributed by atoms with Crippen molar-refractivity contribution in [3.05, 3.63) is 0 Å². The van der Waals surface area contributed by atoms with Gasteiger partial charge in [-0.25, -0.2) is 0 Å². The zero-order chi connectivity index (χ0) is 11.6. The van der Waals surface area contributed by atoms with Gasteiger partial charge in [-0.2, -0.15) is 0 Å². The average molecular weight is 225 g/mol. The highest BCUT2D eigenvalue weighted by atomic mass is 16.5. The van der Waals surface area contributed by atoms with E-state index in [1.807, 2.05) is 0 Å². The molecule has 1 aliphatic heterocycles. The van der Waals surface area contributed by atoms with Crippen molar-refractivity contribution in [2.24, 2.45) is 11.3 Å². The zero-order valence-corrected chi connectivity index (χ0v) is 10.5. The highest BCUT2D eigenvalue weighted by molar-refractivity contribution is 5.77. The van der Waals surface area contributed by atoms with E-state index in [9.17, 15) is 4.79 Å². The van der Waals surface area contributed by atoms with Crippen molar-refractivity contribution in [2.75, 3.05) is 27.2 Å². The Hall–Kier alpha value is -0.570. The largest absolute Gasteiger partial charge is 0.469 e. The van der Waals surface area contributed by atoms with Gasteiger partial charge < -0.3 is 9.64 Å². The highest BCUT2D eigenvalue weighted by Gasteiger charge is 2.46. The maximum absolute atomic E-state index is 11.8. The molecule has 1 heterocycles. The molecule has 3 nitrogen and oxygen atoms in total. The van der Waals surface area contributed by atoms with E-state index in [-0.39, 0.29) is 11.4 Å². The number of rotatable bonds is 3. The van der Waals surface area contributed by atoms with Crippen molar-refractivity contribution in [3.63, 3.8) is 0 Å². The van der Waals surface area contributed by atoms with Crippen LogP contribution in [0.25, 0.3) is 0 Å². The molecule has 2 fully saturated rings.